The van der Waals surface area contributed by atoms with Crippen LogP contribution in [0.15, 0.2) is 18.3 Å². The van der Waals surface area contributed by atoms with Crippen LogP contribution in [0, 0.1) is 5.92 Å². The quantitative estimate of drug-likeness (QED) is 0.710. The minimum Gasteiger partial charge on any atom is -0.478 e. The van der Waals surface area contributed by atoms with Gasteiger partial charge in [0.2, 0.25) is 5.88 Å². The van der Waals surface area contributed by atoms with Gasteiger partial charge < -0.3 is 14.8 Å². The summed E-state index contributed by atoms with van der Waals surface area (Å²) in [5.41, 5.74) is -0.0789. The maximum atomic E-state index is 12.5. The predicted molar refractivity (Wildman–Crippen MR) is 86.0 cm³/mol. The lowest BCUT2D eigenvalue weighted by Gasteiger charge is -2.28. The number of hydrogen-bond donors (Lipinski definition) is 1. The van der Waals surface area contributed by atoms with Crippen molar-refractivity contribution in [3.05, 3.63) is 18.3 Å². The van der Waals surface area contributed by atoms with Gasteiger partial charge in [-0.3, -0.25) is 4.79 Å². The number of nitrogens with zero attached hydrogens (tertiary/aromatic N) is 1. The number of amides is 1. The summed E-state index contributed by atoms with van der Waals surface area (Å²) >= 11 is 0. The number of carbonyl (C=O) groups is 1. The number of ether oxygens (including phenoxy) is 2. The second-order valence-electron chi connectivity index (χ2n) is 5.86. The summed E-state index contributed by atoms with van der Waals surface area (Å²) in [5, 5.41) is 2.90. The molecule has 1 saturated carbocycles. The highest BCUT2D eigenvalue weighted by molar-refractivity contribution is 5.97. The van der Waals surface area contributed by atoms with Crippen molar-refractivity contribution in [1.82, 2.24) is 4.98 Å². The molecule has 1 aliphatic carbocycles. The summed E-state index contributed by atoms with van der Waals surface area (Å²) in [4.78, 5) is 16.7. The maximum absolute atomic E-state index is 12.5. The number of unbranched alkanes of at least 4 members (excludes halogenated alkanes) is 1. The van der Waals surface area contributed by atoms with Crippen LogP contribution in [-0.2, 0) is 9.53 Å². The average molecular weight is 306 g/mol. The third-order valence-electron chi connectivity index (χ3n) is 3.99. The Morgan fingerprint density at radius 2 is 2.18 bits per heavy atom. The van der Waals surface area contributed by atoms with E-state index in [1.807, 2.05) is 19.9 Å². The average Bonchev–Trinajstić information content (AvgIpc) is 3.34. The number of nitrogens with one attached hydrogen (secondary N) is 1. The van der Waals surface area contributed by atoms with Crippen LogP contribution in [0.5, 0.6) is 5.88 Å². The highest BCUT2D eigenvalue weighted by Gasteiger charge is 2.48. The Hall–Kier alpha value is -1.62. The molecule has 0 radical (unpaired) electrons. The molecule has 1 aliphatic rings. The first-order chi connectivity index (χ1) is 10.6. The van der Waals surface area contributed by atoms with Crippen LogP contribution in [-0.4, -0.2) is 29.7 Å². The summed E-state index contributed by atoms with van der Waals surface area (Å²) in [6.45, 7) is 7.10. The summed E-state index contributed by atoms with van der Waals surface area (Å²) in [7, 11) is 0. The molecule has 22 heavy (non-hydrogen) atoms. The van der Waals surface area contributed by atoms with Gasteiger partial charge in [0.1, 0.15) is 5.60 Å². The van der Waals surface area contributed by atoms with Crippen molar-refractivity contribution in [2.75, 3.05) is 18.5 Å². The molecule has 2 rings (SSSR count). The molecule has 0 saturated heterocycles. The van der Waals surface area contributed by atoms with Gasteiger partial charge in [-0.2, -0.15) is 0 Å². The molecule has 1 unspecified atom stereocenters. The Kier molecular flexibility index (Phi) is 5.77. The molecular weight excluding hydrogens is 280 g/mol. The zero-order chi connectivity index (χ0) is 16.0. The molecule has 1 atom stereocenters. The number of anilines is 1. The number of rotatable bonds is 9. The summed E-state index contributed by atoms with van der Waals surface area (Å²) in [6, 6.07) is 3.59. The fourth-order valence-electron chi connectivity index (χ4n) is 2.42. The van der Waals surface area contributed by atoms with Gasteiger partial charge in [0.05, 0.1) is 18.5 Å². The van der Waals surface area contributed by atoms with E-state index in [0.717, 1.165) is 25.7 Å². The Morgan fingerprint density at radius 1 is 1.41 bits per heavy atom. The lowest BCUT2D eigenvalue weighted by Crippen LogP contribution is -2.44. The van der Waals surface area contributed by atoms with E-state index >= 15 is 0 Å². The standard InChI is InChI=1S/C17H26N2O3/c1-4-6-11-21-15-10-9-14(12-18-15)19-16(20)17(3,22-5-2)13-7-8-13/h9-10,12-13H,4-8,11H2,1-3H3,(H,19,20). The van der Waals surface area contributed by atoms with Crippen molar-refractivity contribution < 1.29 is 14.3 Å². The minimum atomic E-state index is -0.745. The molecule has 0 aromatic carbocycles. The number of pyridine rings is 1. The third kappa shape index (κ3) is 4.19. The predicted octanol–water partition coefficient (Wildman–Crippen LogP) is 3.40. The Labute approximate surface area is 132 Å². The lowest BCUT2D eigenvalue weighted by atomic mass is 9.99. The molecule has 1 aromatic heterocycles. The first-order valence-electron chi connectivity index (χ1n) is 8.14. The fourth-order valence-corrected chi connectivity index (χ4v) is 2.42. The smallest absolute Gasteiger partial charge is 0.256 e. The molecule has 5 nitrogen and oxygen atoms in total. The van der Waals surface area contributed by atoms with Crippen LogP contribution < -0.4 is 10.1 Å². The van der Waals surface area contributed by atoms with Gasteiger partial charge in [0.25, 0.3) is 5.91 Å². The SMILES string of the molecule is CCCCOc1ccc(NC(=O)C(C)(OCC)C2CC2)cn1. The largest absolute Gasteiger partial charge is 0.478 e. The zero-order valence-corrected chi connectivity index (χ0v) is 13.7. The molecule has 1 heterocycles. The normalized spacial score (nSPS) is 16.9. The van der Waals surface area contributed by atoms with Crippen molar-refractivity contribution in [3.8, 4) is 5.88 Å². The van der Waals surface area contributed by atoms with Crippen LogP contribution in [0.1, 0.15) is 46.5 Å². The van der Waals surface area contributed by atoms with E-state index < -0.39 is 5.60 Å². The summed E-state index contributed by atoms with van der Waals surface area (Å²) in [5.74, 6) is 0.802. The van der Waals surface area contributed by atoms with Gasteiger partial charge in [-0.1, -0.05) is 13.3 Å². The second-order valence-corrected chi connectivity index (χ2v) is 5.86. The maximum Gasteiger partial charge on any atom is 0.256 e. The van der Waals surface area contributed by atoms with E-state index in [4.69, 9.17) is 9.47 Å². The molecule has 5 heteroatoms. The van der Waals surface area contributed by atoms with E-state index in [-0.39, 0.29) is 5.91 Å². The molecule has 0 aliphatic heterocycles. The molecule has 1 aromatic rings. The van der Waals surface area contributed by atoms with Gasteiger partial charge in [-0.25, -0.2) is 4.98 Å². The van der Waals surface area contributed by atoms with E-state index in [9.17, 15) is 4.79 Å². The number of aromatic nitrogens is 1. The van der Waals surface area contributed by atoms with Gasteiger partial charge in [-0.15, -0.1) is 0 Å². The summed E-state index contributed by atoms with van der Waals surface area (Å²) in [6.07, 6.45) is 5.82. The van der Waals surface area contributed by atoms with Crippen LogP contribution in [0.2, 0.25) is 0 Å². The van der Waals surface area contributed by atoms with Crippen LogP contribution in [0.25, 0.3) is 0 Å². The van der Waals surface area contributed by atoms with Crippen molar-refractivity contribution in [2.24, 2.45) is 5.92 Å². The van der Waals surface area contributed by atoms with Crippen LogP contribution in [0.4, 0.5) is 5.69 Å². The Morgan fingerprint density at radius 3 is 2.73 bits per heavy atom. The van der Waals surface area contributed by atoms with Crippen LogP contribution >= 0.6 is 0 Å². The Balaban J connectivity index is 1.93. The molecule has 122 valence electrons. The first kappa shape index (κ1) is 16.7. The fraction of sp³-hybridized carbons (Fsp3) is 0.647. The zero-order valence-electron chi connectivity index (χ0n) is 13.7. The highest BCUT2D eigenvalue weighted by Crippen LogP contribution is 2.42. The number of carbonyl (C=O) groups excluding carboxylic acids is 1. The molecule has 0 spiro atoms. The highest BCUT2D eigenvalue weighted by atomic mass is 16.5. The Bertz CT molecular complexity index is 485. The molecule has 1 amide bonds. The van der Waals surface area contributed by atoms with E-state index in [1.54, 1.807) is 12.3 Å². The van der Waals surface area contributed by atoms with Gasteiger partial charge >= 0.3 is 0 Å². The van der Waals surface area contributed by atoms with Gasteiger partial charge in [0.15, 0.2) is 0 Å². The van der Waals surface area contributed by atoms with E-state index in [1.165, 1.54) is 0 Å². The molecule has 1 fully saturated rings. The van der Waals surface area contributed by atoms with Crippen molar-refractivity contribution >= 4 is 11.6 Å². The molecule has 1 N–H and O–H groups in total. The van der Waals surface area contributed by atoms with Gasteiger partial charge in [-0.05, 0) is 45.1 Å². The molecule has 0 bridgehead atoms. The van der Waals surface area contributed by atoms with Crippen molar-refractivity contribution in [2.45, 2.75) is 52.1 Å². The minimum absolute atomic E-state index is 0.0988. The monoisotopic (exact) mass is 306 g/mol. The lowest BCUT2D eigenvalue weighted by molar-refractivity contribution is -0.141. The van der Waals surface area contributed by atoms with E-state index in [2.05, 4.69) is 17.2 Å². The summed E-state index contributed by atoms with van der Waals surface area (Å²) < 4.78 is 11.2. The van der Waals surface area contributed by atoms with Gasteiger partial charge in [0, 0.05) is 12.7 Å². The van der Waals surface area contributed by atoms with Crippen molar-refractivity contribution in [1.29, 1.82) is 0 Å². The molecular formula is C17H26N2O3. The first-order valence-corrected chi connectivity index (χ1v) is 8.14. The number of hydrogen-bond acceptors (Lipinski definition) is 4. The van der Waals surface area contributed by atoms with E-state index in [0.29, 0.717) is 30.7 Å². The third-order valence-corrected chi connectivity index (χ3v) is 3.99. The van der Waals surface area contributed by atoms with Crippen LogP contribution in [0.3, 0.4) is 0 Å². The second kappa shape index (κ2) is 7.58. The topological polar surface area (TPSA) is 60.5 Å². The van der Waals surface area contributed by atoms with Crippen molar-refractivity contribution in [3.63, 3.8) is 0 Å².